The summed E-state index contributed by atoms with van der Waals surface area (Å²) in [4.78, 5) is 15.1. The fourth-order valence-electron chi connectivity index (χ4n) is 3.38. The lowest BCUT2D eigenvalue weighted by Gasteiger charge is -2.13. The van der Waals surface area contributed by atoms with Gasteiger partial charge in [-0.1, -0.05) is 54.7 Å². The molecule has 0 bridgehead atoms. The standard InChI is InChI=1S/C26H25NO4S2/c1-3-19-7-9-21(10-8-19)30-13-14-31-23-11-6-18(2)15-20(23)16-24-25(28)27(26(32)33-24)17-22-5-4-12-29-22/h4-12,15-16H,3,13-14,17H2,1-2H3. The van der Waals surface area contributed by atoms with E-state index in [2.05, 4.69) is 19.1 Å². The highest BCUT2D eigenvalue weighted by atomic mass is 32.2. The molecule has 3 aromatic rings. The Kier molecular flexibility index (Phi) is 7.52. The van der Waals surface area contributed by atoms with E-state index in [0.717, 1.165) is 23.3 Å². The van der Waals surface area contributed by atoms with Crippen LogP contribution in [0.25, 0.3) is 6.08 Å². The highest BCUT2D eigenvalue weighted by Crippen LogP contribution is 2.35. The second-order valence-electron chi connectivity index (χ2n) is 7.58. The monoisotopic (exact) mass is 479 g/mol. The van der Waals surface area contributed by atoms with E-state index in [1.807, 2.05) is 49.4 Å². The van der Waals surface area contributed by atoms with E-state index in [0.29, 0.717) is 40.5 Å². The zero-order valence-corrected chi connectivity index (χ0v) is 20.2. The molecule has 1 aromatic heterocycles. The molecule has 1 aliphatic heterocycles. The van der Waals surface area contributed by atoms with Crippen LogP contribution in [-0.2, 0) is 17.8 Å². The number of carbonyl (C=O) groups is 1. The zero-order valence-electron chi connectivity index (χ0n) is 18.6. The van der Waals surface area contributed by atoms with Gasteiger partial charge in [0.25, 0.3) is 5.91 Å². The molecule has 2 aromatic carbocycles. The number of benzene rings is 2. The van der Waals surface area contributed by atoms with Gasteiger partial charge >= 0.3 is 0 Å². The van der Waals surface area contributed by atoms with E-state index in [4.69, 9.17) is 26.1 Å². The number of furan rings is 1. The molecule has 0 N–H and O–H groups in total. The summed E-state index contributed by atoms with van der Waals surface area (Å²) in [5, 5.41) is 0. The molecule has 7 heteroatoms. The molecule has 0 spiro atoms. The fraction of sp³-hybridized carbons (Fsp3) is 0.231. The first kappa shape index (κ1) is 23.1. The quantitative estimate of drug-likeness (QED) is 0.213. The summed E-state index contributed by atoms with van der Waals surface area (Å²) >= 11 is 6.72. The van der Waals surface area contributed by atoms with Crippen LogP contribution < -0.4 is 9.47 Å². The van der Waals surface area contributed by atoms with Gasteiger partial charge in [0.1, 0.15) is 34.8 Å². The van der Waals surface area contributed by atoms with Crippen molar-refractivity contribution in [2.75, 3.05) is 13.2 Å². The number of carbonyl (C=O) groups excluding carboxylic acids is 1. The molecule has 0 aliphatic carbocycles. The van der Waals surface area contributed by atoms with Crippen molar-refractivity contribution in [2.24, 2.45) is 0 Å². The number of amides is 1. The molecule has 0 atom stereocenters. The molecule has 33 heavy (non-hydrogen) atoms. The van der Waals surface area contributed by atoms with E-state index >= 15 is 0 Å². The van der Waals surface area contributed by atoms with Crippen molar-refractivity contribution >= 4 is 40.3 Å². The lowest BCUT2D eigenvalue weighted by atomic mass is 10.1. The number of rotatable bonds is 9. The van der Waals surface area contributed by atoms with Crippen LogP contribution in [0.3, 0.4) is 0 Å². The van der Waals surface area contributed by atoms with Crippen LogP contribution in [0.4, 0.5) is 0 Å². The third-order valence-corrected chi connectivity index (χ3v) is 6.54. The Morgan fingerprint density at radius 1 is 1.09 bits per heavy atom. The maximum absolute atomic E-state index is 13.0. The van der Waals surface area contributed by atoms with Crippen molar-refractivity contribution in [1.82, 2.24) is 4.90 Å². The SMILES string of the molecule is CCc1ccc(OCCOc2ccc(C)cc2C=C2SC(=S)N(Cc3ccco3)C2=O)cc1. The first-order chi connectivity index (χ1) is 16.0. The molecule has 0 saturated carbocycles. The number of thioether (sulfide) groups is 1. The van der Waals surface area contributed by atoms with E-state index in [1.54, 1.807) is 17.2 Å². The molecule has 1 aliphatic rings. The topological polar surface area (TPSA) is 51.9 Å². The number of aryl methyl sites for hydroxylation is 2. The van der Waals surface area contributed by atoms with E-state index in [1.165, 1.54) is 17.3 Å². The van der Waals surface area contributed by atoms with Crippen LogP contribution in [0.5, 0.6) is 11.5 Å². The van der Waals surface area contributed by atoms with Crippen LogP contribution in [0.2, 0.25) is 0 Å². The normalized spacial score (nSPS) is 14.8. The molecule has 1 amide bonds. The second-order valence-corrected chi connectivity index (χ2v) is 9.26. The number of hydrogen-bond acceptors (Lipinski definition) is 6. The van der Waals surface area contributed by atoms with Crippen LogP contribution in [-0.4, -0.2) is 28.3 Å². The van der Waals surface area contributed by atoms with Crippen molar-refractivity contribution < 1.29 is 18.7 Å². The Morgan fingerprint density at radius 3 is 2.61 bits per heavy atom. The summed E-state index contributed by atoms with van der Waals surface area (Å²) in [7, 11) is 0. The zero-order chi connectivity index (χ0) is 23.2. The van der Waals surface area contributed by atoms with Gasteiger partial charge in [-0.25, -0.2) is 0 Å². The summed E-state index contributed by atoms with van der Waals surface area (Å²) in [6.45, 7) is 5.26. The summed E-state index contributed by atoms with van der Waals surface area (Å²) in [5.41, 5.74) is 3.19. The largest absolute Gasteiger partial charge is 0.490 e. The molecular formula is C26H25NO4S2. The second kappa shape index (κ2) is 10.7. The molecule has 1 saturated heterocycles. The van der Waals surface area contributed by atoms with Gasteiger partial charge in [-0.2, -0.15) is 0 Å². The third-order valence-electron chi connectivity index (χ3n) is 5.16. The van der Waals surface area contributed by atoms with Crippen molar-refractivity contribution in [3.63, 3.8) is 0 Å². The van der Waals surface area contributed by atoms with Crippen LogP contribution in [0.15, 0.2) is 70.2 Å². The van der Waals surface area contributed by atoms with Crippen molar-refractivity contribution in [3.8, 4) is 11.5 Å². The van der Waals surface area contributed by atoms with Crippen LogP contribution in [0.1, 0.15) is 29.4 Å². The molecule has 4 rings (SSSR count). The maximum atomic E-state index is 13.0. The number of hydrogen-bond donors (Lipinski definition) is 0. The molecule has 5 nitrogen and oxygen atoms in total. The van der Waals surface area contributed by atoms with Crippen molar-refractivity contribution in [2.45, 2.75) is 26.8 Å². The van der Waals surface area contributed by atoms with Gasteiger partial charge < -0.3 is 13.9 Å². The van der Waals surface area contributed by atoms with E-state index < -0.39 is 0 Å². The average molecular weight is 480 g/mol. The number of nitrogens with zero attached hydrogens (tertiary/aromatic N) is 1. The lowest BCUT2D eigenvalue weighted by Crippen LogP contribution is -2.27. The Balaban J connectivity index is 1.41. The summed E-state index contributed by atoms with van der Waals surface area (Å²) < 4.78 is 17.7. The minimum absolute atomic E-state index is 0.132. The number of ether oxygens (including phenoxy) is 2. The summed E-state index contributed by atoms with van der Waals surface area (Å²) in [5.74, 6) is 2.08. The van der Waals surface area contributed by atoms with Gasteiger partial charge in [-0.05, 0) is 61.4 Å². The summed E-state index contributed by atoms with van der Waals surface area (Å²) in [6, 6.07) is 17.6. The van der Waals surface area contributed by atoms with E-state index in [-0.39, 0.29) is 5.91 Å². The van der Waals surface area contributed by atoms with Gasteiger partial charge in [0.05, 0.1) is 17.7 Å². The lowest BCUT2D eigenvalue weighted by molar-refractivity contribution is -0.122. The minimum Gasteiger partial charge on any atom is -0.490 e. The smallest absolute Gasteiger partial charge is 0.266 e. The molecule has 2 heterocycles. The predicted octanol–water partition coefficient (Wildman–Crippen LogP) is 6.01. The average Bonchev–Trinajstić information content (AvgIpc) is 3.42. The Bertz CT molecular complexity index is 1150. The minimum atomic E-state index is -0.132. The van der Waals surface area contributed by atoms with Gasteiger partial charge in [-0.3, -0.25) is 9.69 Å². The van der Waals surface area contributed by atoms with Crippen molar-refractivity contribution in [1.29, 1.82) is 0 Å². The third kappa shape index (κ3) is 5.86. The Hall–Kier alpha value is -3.03. The first-order valence-electron chi connectivity index (χ1n) is 10.8. The highest BCUT2D eigenvalue weighted by molar-refractivity contribution is 8.26. The van der Waals surface area contributed by atoms with Gasteiger partial charge in [0.15, 0.2) is 0 Å². The van der Waals surface area contributed by atoms with Crippen molar-refractivity contribution in [3.05, 3.63) is 88.2 Å². The van der Waals surface area contributed by atoms with Gasteiger partial charge in [0, 0.05) is 5.56 Å². The Morgan fingerprint density at radius 2 is 1.88 bits per heavy atom. The molecule has 1 fully saturated rings. The fourth-order valence-corrected chi connectivity index (χ4v) is 4.63. The number of thiocarbonyl (C=S) groups is 1. The predicted molar refractivity (Wildman–Crippen MR) is 135 cm³/mol. The highest BCUT2D eigenvalue weighted by Gasteiger charge is 2.32. The summed E-state index contributed by atoms with van der Waals surface area (Å²) in [6.07, 6.45) is 4.43. The molecular weight excluding hydrogens is 454 g/mol. The van der Waals surface area contributed by atoms with Gasteiger partial charge in [-0.15, -0.1) is 0 Å². The van der Waals surface area contributed by atoms with Crippen LogP contribution >= 0.6 is 24.0 Å². The molecule has 170 valence electrons. The van der Waals surface area contributed by atoms with Crippen LogP contribution in [0, 0.1) is 6.92 Å². The molecule has 0 radical (unpaired) electrons. The molecule has 0 unspecified atom stereocenters. The van der Waals surface area contributed by atoms with E-state index in [9.17, 15) is 4.79 Å². The maximum Gasteiger partial charge on any atom is 0.266 e. The first-order valence-corrected chi connectivity index (χ1v) is 12.0. The van der Waals surface area contributed by atoms with Gasteiger partial charge in [0.2, 0.25) is 0 Å². The Labute approximate surface area is 203 Å².